The van der Waals surface area contributed by atoms with Gasteiger partial charge in [-0.25, -0.2) is 4.98 Å². The molecule has 0 bridgehead atoms. The fraction of sp³-hybridized carbons (Fsp3) is 0.184. The Morgan fingerprint density at radius 1 is 0.816 bits per heavy atom. The number of aromatic nitrogens is 2. The molecule has 4 aromatic carbocycles. The minimum Gasteiger partial charge on any atom is -0.384 e. The Hall–Kier alpha value is -5.26. The number of rotatable bonds is 12. The van der Waals surface area contributed by atoms with Gasteiger partial charge in [-0.15, -0.1) is 11.3 Å². The summed E-state index contributed by atoms with van der Waals surface area (Å²) in [5.74, 6) is 0.569. The van der Waals surface area contributed by atoms with Crippen LogP contribution in [0.5, 0.6) is 0 Å². The molecule has 0 atom stereocenters. The van der Waals surface area contributed by atoms with E-state index in [1.54, 1.807) is 34.4 Å². The smallest absolute Gasteiger partial charge is 0.384 e. The summed E-state index contributed by atoms with van der Waals surface area (Å²) in [7, 11) is 0. The fourth-order valence-corrected chi connectivity index (χ4v) is 6.49. The maximum Gasteiger partial charge on any atom is 0.416 e. The molecule has 2 aromatic heterocycles. The molecule has 0 spiro atoms. The van der Waals surface area contributed by atoms with Gasteiger partial charge in [0.1, 0.15) is 11.7 Å². The minimum atomic E-state index is -4.49. The number of hydrogen-bond donors (Lipinski definition) is 3. The summed E-state index contributed by atoms with van der Waals surface area (Å²) < 4.78 is 42.8. The zero-order chi connectivity index (χ0) is 34.5. The third-order valence-electron chi connectivity index (χ3n) is 8.42. The number of nitrogens with zero attached hydrogens (tertiary/aromatic N) is 3. The predicted molar refractivity (Wildman–Crippen MR) is 187 cm³/mol. The Morgan fingerprint density at radius 2 is 1.51 bits per heavy atom. The van der Waals surface area contributed by atoms with Crippen molar-refractivity contribution in [3.8, 4) is 0 Å². The van der Waals surface area contributed by atoms with Gasteiger partial charge in [-0.2, -0.15) is 13.2 Å². The van der Waals surface area contributed by atoms with Gasteiger partial charge in [0.05, 0.1) is 23.1 Å². The first-order valence-corrected chi connectivity index (χ1v) is 16.6. The van der Waals surface area contributed by atoms with Crippen LogP contribution in [-0.2, 0) is 45.2 Å². The van der Waals surface area contributed by atoms with E-state index in [4.69, 9.17) is 21.9 Å². The third kappa shape index (κ3) is 8.07. The van der Waals surface area contributed by atoms with Crippen LogP contribution in [0.2, 0.25) is 0 Å². The molecule has 0 fully saturated rings. The maximum absolute atomic E-state index is 14.2. The van der Waals surface area contributed by atoms with E-state index in [2.05, 4.69) is 10.6 Å². The molecule has 6 rings (SSSR count). The average molecular weight is 681 g/mol. The second-order valence-electron chi connectivity index (χ2n) is 11.9. The zero-order valence-electron chi connectivity index (χ0n) is 26.6. The number of alkyl halides is 3. The molecule has 0 radical (unpaired) electrons. The molecule has 7 nitrogen and oxygen atoms in total. The van der Waals surface area contributed by atoms with Gasteiger partial charge in [0.2, 0.25) is 0 Å². The first-order valence-electron chi connectivity index (χ1n) is 15.8. The molecule has 0 saturated carbocycles. The number of aryl methyl sites for hydroxylation is 2. The van der Waals surface area contributed by atoms with E-state index in [0.29, 0.717) is 48.1 Å². The zero-order valence-corrected chi connectivity index (χ0v) is 27.4. The number of carbonyl (C=O) groups is 1. The van der Waals surface area contributed by atoms with Crippen molar-refractivity contribution in [2.75, 3.05) is 0 Å². The van der Waals surface area contributed by atoms with Gasteiger partial charge in [0.25, 0.3) is 5.91 Å². The van der Waals surface area contributed by atoms with E-state index in [1.165, 1.54) is 10.9 Å². The van der Waals surface area contributed by atoms with E-state index >= 15 is 0 Å². The predicted octanol–water partition coefficient (Wildman–Crippen LogP) is 7.54. The highest BCUT2D eigenvalue weighted by Gasteiger charge is 2.30. The van der Waals surface area contributed by atoms with Crippen LogP contribution < -0.4 is 11.5 Å². The van der Waals surface area contributed by atoms with Gasteiger partial charge < -0.3 is 20.9 Å². The lowest BCUT2D eigenvalue weighted by molar-refractivity contribution is -0.137. The van der Waals surface area contributed by atoms with Crippen LogP contribution in [0.3, 0.4) is 0 Å². The number of imidazole rings is 1. The summed E-state index contributed by atoms with van der Waals surface area (Å²) in [6.45, 7) is 1.18. The lowest BCUT2D eigenvalue weighted by Crippen LogP contribution is -2.30. The second-order valence-corrected chi connectivity index (χ2v) is 12.9. The molecule has 49 heavy (non-hydrogen) atoms. The van der Waals surface area contributed by atoms with Gasteiger partial charge in [-0.3, -0.25) is 10.2 Å². The summed E-state index contributed by atoms with van der Waals surface area (Å²) in [6.07, 6.45) is -3.14. The summed E-state index contributed by atoms with van der Waals surface area (Å²) >= 11 is 1.66. The lowest BCUT2D eigenvalue weighted by Gasteiger charge is -2.24. The number of carbonyl (C=O) groups excluding carboxylic acids is 1. The van der Waals surface area contributed by atoms with Crippen molar-refractivity contribution in [3.63, 3.8) is 0 Å². The number of thiophene rings is 1. The summed E-state index contributed by atoms with van der Waals surface area (Å²) in [5.41, 5.74) is 16.5. The van der Waals surface area contributed by atoms with Crippen LogP contribution in [0, 0.1) is 5.41 Å². The van der Waals surface area contributed by atoms with Crippen molar-refractivity contribution in [1.82, 2.24) is 14.5 Å². The molecule has 11 heteroatoms. The number of benzene rings is 4. The molecule has 1 amide bonds. The Morgan fingerprint density at radius 3 is 2.18 bits per heavy atom. The number of hydrogen-bond acceptors (Lipinski definition) is 5. The Bertz CT molecular complexity index is 2070. The molecule has 5 N–H and O–H groups in total. The van der Waals surface area contributed by atoms with Crippen molar-refractivity contribution in [2.24, 2.45) is 11.5 Å². The maximum atomic E-state index is 14.2. The monoisotopic (exact) mass is 680 g/mol. The van der Waals surface area contributed by atoms with E-state index in [1.807, 2.05) is 66.0 Å². The Labute approximate surface area is 286 Å². The third-order valence-corrected chi connectivity index (χ3v) is 9.28. The van der Waals surface area contributed by atoms with Crippen LogP contribution in [0.15, 0.2) is 109 Å². The van der Waals surface area contributed by atoms with Gasteiger partial charge in [-0.1, -0.05) is 66.7 Å². The average Bonchev–Trinajstić information content (AvgIpc) is 3.74. The number of nitrogens with one attached hydrogen (secondary N) is 1. The molecular weight excluding hydrogens is 646 g/mol. The summed E-state index contributed by atoms with van der Waals surface area (Å²) in [4.78, 5) is 21.9. The summed E-state index contributed by atoms with van der Waals surface area (Å²) in [5, 5.41) is 9.68. The minimum absolute atomic E-state index is 0.0140. The lowest BCUT2D eigenvalue weighted by atomic mass is 10.1. The molecule has 0 saturated heterocycles. The highest BCUT2D eigenvalue weighted by atomic mass is 32.1. The van der Waals surface area contributed by atoms with E-state index < -0.39 is 11.7 Å². The quantitative estimate of drug-likeness (QED) is 0.0916. The van der Waals surface area contributed by atoms with E-state index in [9.17, 15) is 18.0 Å². The Kier molecular flexibility index (Phi) is 9.93. The van der Waals surface area contributed by atoms with Crippen LogP contribution >= 0.6 is 11.3 Å². The summed E-state index contributed by atoms with van der Waals surface area (Å²) in [6, 6.07) is 29.7. The molecule has 0 unspecified atom stereocenters. The van der Waals surface area contributed by atoms with E-state index in [-0.39, 0.29) is 24.8 Å². The highest BCUT2D eigenvalue weighted by molar-refractivity contribution is 7.09. The number of halogens is 3. The topological polar surface area (TPSA) is 114 Å². The van der Waals surface area contributed by atoms with Crippen molar-refractivity contribution in [3.05, 3.63) is 158 Å². The van der Waals surface area contributed by atoms with Crippen LogP contribution in [-0.4, -0.2) is 26.2 Å². The van der Waals surface area contributed by atoms with Crippen LogP contribution in [0.4, 0.5) is 13.2 Å². The van der Waals surface area contributed by atoms with Gasteiger partial charge in [-0.05, 0) is 70.5 Å². The molecular formula is C38H35F3N6OS. The van der Waals surface area contributed by atoms with E-state index in [0.717, 1.165) is 40.2 Å². The fourth-order valence-electron chi connectivity index (χ4n) is 5.80. The normalized spacial score (nSPS) is 11.6. The first kappa shape index (κ1) is 33.6. The van der Waals surface area contributed by atoms with Crippen molar-refractivity contribution >= 4 is 34.1 Å². The number of nitrogen functional groups attached to an aromatic ring is 1. The number of fused-ring (bicyclic) bond motifs is 1. The molecule has 6 aromatic rings. The van der Waals surface area contributed by atoms with Crippen LogP contribution in [0.1, 0.15) is 54.4 Å². The van der Waals surface area contributed by atoms with Crippen molar-refractivity contribution in [2.45, 2.75) is 45.2 Å². The van der Waals surface area contributed by atoms with Crippen molar-refractivity contribution < 1.29 is 18.0 Å². The number of amides is 1. The standard InChI is InChI=1S/C38H35F3N6OS/c39-38(40,41)31-4-1-3-28(19-31)23-46(22-27-8-6-26(21-42)7-9-27)37(48)30-15-16-34-33(20-30)45-35(47(34)24-32-5-2-18-49-32)17-12-25-10-13-29(14-11-25)36(43)44/h1-11,13-16,18-20H,12,17,21-24,42H2,(H3,43,44). The second kappa shape index (κ2) is 14.5. The molecule has 0 aliphatic heterocycles. The first-order chi connectivity index (χ1) is 23.6. The van der Waals surface area contributed by atoms with Crippen LogP contribution in [0.25, 0.3) is 11.0 Å². The molecule has 2 heterocycles. The van der Waals surface area contributed by atoms with Gasteiger partial charge >= 0.3 is 6.18 Å². The van der Waals surface area contributed by atoms with Gasteiger partial charge in [0.15, 0.2) is 0 Å². The molecule has 250 valence electrons. The number of nitrogens with two attached hydrogens (primary N) is 2. The van der Waals surface area contributed by atoms with Gasteiger partial charge in [0, 0.05) is 42.1 Å². The Balaban J connectivity index is 1.32. The largest absolute Gasteiger partial charge is 0.416 e. The molecule has 0 aliphatic rings. The SMILES string of the molecule is N=C(N)c1ccc(CCc2nc3cc(C(=O)N(Cc4ccc(CN)cc4)Cc4cccc(C(F)(F)F)c4)ccc3n2Cc2cccs2)cc1. The highest BCUT2D eigenvalue weighted by Crippen LogP contribution is 2.30. The molecule has 0 aliphatic carbocycles. The van der Waals surface area contributed by atoms with Crippen molar-refractivity contribution in [1.29, 1.82) is 5.41 Å². The number of amidine groups is 1.